The van der Waals surface area contributed by atoms with E-state index in [1.165, 1.54) is 33.4 Å². The zero-order chi connectivity index (χ0) is 17.0. The molecule has 2 aromatic rings. The molecule has 0 spiro atoms. The van der Waals surface area contributed by atoms with Gasteiger partial charge in [-0.1, -0.05) is 36.4 Å². The summed E-state index contributed by atoms with van der Waals surface area (Å²) in [6.45, 7) is 9.61. The Kier molecular flexibility index (Phi) is 8.11. The van der Waals surface area contributed by atoms with E-state index in [0.717, 1.165) is 0 Å². The first-order valence-corrected chi connectivity index (χ1v) is 8.18. The van der Waals surface area contributed by atoms with E-state index in [9.17, 15) is 0 Å². The third-order valence-corrected chi connectivity index (χ3v) is 4.48. The fourth-order valence-corrected chi connectivity index (χ4v) is 3.36. The molecule has 0 saturated heterocycles. The van der Waals surface area contributed by atoms with Crippen LogP contribution in [0.15, 0.2) is 36.4 Å². The van der Waals surface area contributed by atoms with Crippen molar-refractivity contribution < 1.29 is 16.5 Å². The predicted octanol–water partition coefficient (Wildman–Crippen LogP) is 3.99. The van der Waals surface area contributed by atoms with Gasteiger partial charge in [0.2, 0.25) is 0 Å². The molecule has 4 heteroatoms. The summed E-state index contributed by atoms with van der Waals surface area (Å²) < 4.78 is 0. The molecular weight excluding hydrogens is 341 g/mol. The third-order valence-electron chi connectivity index (χ3n) is 4.48. The molecule has 4 N–H and O–H groups in total. The molecule has 0 heterocycles. The van der Waals surface area contributed by atoms with E-state index >= 15 is 0 Å². The molecule has 0 saturated carbocycles. The largest absolute Gasteiger partial charge is 0.659 e. The number of aryl methyl sites for hydroxylation is 4. The third kappa shape index (κ3) is 4.91. The van der Waals surface area contributed by atoms with Gasteiger partial charge in [-0.25, -0.2) is 0 Å². The Bertz CT molecular complexity index is 572. The van der Waals surface area contributed by atoms with Crippen molar-refractivity contribution in [1.82, 2.24) is 0 Å². The molecule has 0 aliphatic heterocycles. The summed E-state index contributed by atoms with van der Waals surface area (Å²) in [6.07, 6.45) is 0. The van der Waals surface area contributed by atoms with Crippen LogP contribution >= 0.6 is 0 Å². The second-order valence-corrected chi connectivity index (χ2v) is 6.41. The van der Waals surface area contributed by atoms with Crippen LogP contribution in [0.2, 0.25) is 0 Å². The summed E-state index contributed by atoms with van der Waals surface area (Å²) in [5.74, 6) is 0. The zero-order valence-corrected chi connectivity index (χ0v) is 15.9. The van der Waals surface area contributed by atoms with Crippen LogP contribution in [-0.2, 0) is 16.5 Å². The second kappa shape index (κ2) is 9.34. The van der Waals surface area contributed by atoms with Crippen LogP contribution in [-0.4, -0.2) is 13.1 Å². The molecule has 0 amide bonds. The van der Waals surface area contributed by atoms with Crippen molar-refractivity contribution in [2.24, 2.45) is 11.5 Å². The minimum absolute atomic E-state index is 0. The van der Waals surface area contributed by atoms with Gasteiger partial charge in [0.25, 0.3) is 0 Å². The number of hydrogen-bond acceptors (Lipinski definition) is 2. The van der Waals surface area contributed by atoms with Gasteiger partial charge in [-0.15, -0.1) is 13.1 Å². The van der Waals surface area contributed by atoms with Crippen LogP contribution < -0.4 is 11.5 Å². The van der Waals surface area contributed by atoms with Gasteiger partial charge in [-0.2, -0.15) is 0 Å². The van der Waals surface area contributed by atoms with Gasteiger partial charge in [0.15, 0.2) is 0 Å². The number of nitrogens with zero attached hydrogens (tertiary/aromatic N) is 1. The van der Waals surface area contributed by atoms with E-state index < -0.39 is 0 Å². The van der Waals surface area contributed by atoms with E-state index in [1.54, 1.807) is 0 Å². The molecule has 134 valence electrons. The Morgan fingerprint density at radius 2 is 1.00 bits per heavy atom. The van der Waals surface area contributed by atoms with Crippen molar-refractivity contribution in [3.8, 4) is 0 Å². The normalized spacial score (nSPS) is 13.2. The van der Waals surface area contributed by atoms with Gasteiger partial charge in [0.05, 0.1) is 0 Å². The van der Waals surface area contributed by atoms with Crippen LogP contribution in [0.3, 0.4) is 0 Å². The Morgan fingerprint density at radius 3 is 1.29 bits per heavy atom. The molecular formula is C20H28N3Ni-. The number of hydrogen-bond donors (Lipinski definition) is 2. The van der Waals surface area contributed by atoms with Gasteiger partial charge in [0, 0.05) is 28.6 Å². The predicted molar refractivity (Wildman–Crippen MR) is 98.8 cm³/mol. The summed E-state index contributed by atoms with van der Waals surface area (Å²) in [7, 11) is 0. The molecule has 0 bridgehead atoms. The van der Waals surface area contributed by atoms with E-state index in [4.69, 9.17) is 11.5 Å². The molecule has 2 rings (SSSR count). The van der Waals surface area contributed by atoms with Gasteiger partial charge >= 0.3 is 0 Å². The second-order valence-electron chi connectivity index (χ2n) is 6.41. The average molecular weight is 369 g/mol. The van der Waals surface area contributed by atoms with Gasteiger partial charge in [0.1, 0.15) is 0 Å². The standard InChI is InChI=1S/C20H28N3.Ni/c1-13-7-5-8-14(2)19(13)17(21)11-23-12-18(22)20-15(3)9-6-10-16(20)4;/h5-10,17-18H,11-12,21-22H2,1-4H3;/q-1;. The van der Waals surface area contributed by atoms with Gasteiger partial charge < -0.3 is 16.8 Å². The molecule has 3 nitrogen and oxygen atoms in total. The van der Waals surface area contributed by atoms with Crippen LogP contribution in [0, 0.1) is 27.7 Å². The van der Waals surface area contributed by atoms with E-state index in [1.807, 2.05) is 0 Å². The quantitative estimate of drug-likeness (QED) is 0.757. The first-order chi connectivity index (χ1) is 10.9. The van der Waals surface area contributed by atoms with Gasteiger partial charge in [-0.05, 0) is 61.1 Å². The summed E-state index contributed by atoms with van der Waals surface area (Å²) in [5, 5.41) is 4.64. The van der Waals surface area contributed by atoms with Crippen LogP contribution in [0.4, 0.5) is 0 Å². The number of nitrogens with two attached hydrogens (primary N) is 2. The average Bonchev–Trinajstić information content (AvgIpc) is 2.46. The first kappa shape index (κ1) is 20.9. The summed E-state index contributed by atoms with van der Waals surface area (Å²) in [5.41, 5.74) is 20.0. The van der Waals surface area contributed by atoms with Gasteiger partial charge in [-0.3, -0.25) is 0 Å². The van der Waals surface area contributed by atoms with Crippen LogP contribution in [0.25, 0.3) is 5.32 Å². The van der Waals surface area contributed by atoms with Crippen molar-refractivity contribution in [2.75, 3.05) is 13.1 Å². The Labute approximate surface area is 156 Å². The fraction of sp³-hybridized carbons (Fsp3) is 0.400. The van der Waals surface area contributed by atoms with Crippen molar-refractivity contribution in [3.05, 3.63) is 75.1 Å². The summed E-state index contributed by atoms with van der Waals surface area (Å²) in [6, 6.07) is 12.4. The van der Waals surface area contributed by atoms with Crippen molar-refractivity contribution in [3.63, 3.8) is 0 Å². The Morgan fingerprint density at radius 1 is 0.708 bits per heavy atom. The first-order valence-electron chi connectivity index (χ1n) is 8.18. The van der Waals surface area contributed by atoms with Crippen LogP contribution in [0.1, 0.15) is 45.5 Å². The maximum atomic E-state index is 6.35. The van der Waals surface area contributed by atoms with Crippen LogP contribution in [0.5, 0.6) is 0 Å². The molecule has 2 atom stereocenters. The number of benzene rings is 2. The monoisotopic (exact) mass is 368 g/mol. The number of rotatable bonds is 6. The SMILES string of the molecule is Cc1cccc(C)c1C(N)C[N-]CC(N)c1c(C)cccc1C.[Ni]. The Balaban J connectivity index is 0.00000288. The molecule has 0 fully saturated rings. The molecule has 0 aliphatic carbocycles. The van der Waals surface area contributed by atoms with E-state index in [-0.39, 0.29) is 28.6 Å². The maximum Gasteiger partial charge on any atom is 0.0110 e. The van der Waals surface area contributed by atoms with Crippen molar-refractivity contribution in [1.29, 1.82) is 0 Å². The topological polar surface area (TPSA) is 66.1 Å². The molecule has 2 aromatic carbocycles. The smallest absolute Gasteiger partial charge is 0.0110 e. The molecule has 0 aliphatic rings. The zero-order valence-electron chi connectivity index (χ0n) is 15.0. The molecule has 2 unspecified atom stereocenters. The Hall–Kier alpha value is -1.19. The summed E-state index contributed by atoms with van der Waals surface area (Å²) >= 11 is 0. The van der Waals surface area contributed by atoms with Crippen molar-refractivity contribution in [2.45, 2.75) is 39.8 Å². The minimum atomic E-state index is -0.0682. The fourth-order valence-electron chi connectivity index (χ4n) is 3.36. The maximum absolute atomic E-state index is 6.35. The minimum Gasteiger partial charge on any atom is -0.659 e. The summed E-state index contributed by atoms with van der Waals surface area (Å²) in [4.78, 5) is 0. The molecule has 0 aromatic heterocycles. The van der Waals surface area contributed by atoms with E-state index in [0.29, 0.717) is 13.1 Å². The molecule has 24 heavy (non-hydrogen) atoms. The van der Waals surface area contributed by atoms with Crippen molar-refractivity contribution >= 4 is 0 Å². The van der Waals surface area contributed by atoms with E-state index in [2.05, 4.69) is 69.4 Å². The molecule has 0 radical (unpaired) electrons.